The molecule has 10 unspecified atom stereocenters. The normalized spacial score (nSPS) is 44.5. The quantitative estimate of drug-likeness (QED) is 0.303. The van der Waals surface area contributed by atoms with Gasteiger partial charge in [0.15, 0.2) is 0 Å². The van der Waals surface area contributed by atoms with E-state index in [9.17, 15) is 4.79 Å². The second-order valence-electron chi connectivity index (χ2n) is 16.1. The molecule has 4 saturated carbocycles. The Morgan fingerprint density at radius 3 is 2.38 bits per heavy atom. The third-order valence-electron chi connectivity index (χ3n) is 13.7. The molecule has 0 radical (unpaired) electrons. The highest BCUT2D eigenvalue weighted by molar-refractivity contribution is 5.92. The molecule has 39 heavy (non-hydrogen) atoms. The van der Waals surface area contributed by atoms with Gasteiger partial charge in [0.25, 0.3) is 0 Å². The number of hydrogen-bond donors (Lipinski definition) is 0. The molecule has 0 saturated heterocycles. The molecule has 5 rings (SSSR count). The van der Waals surface area contributed by atoms with Gasteiger partial charge in [-0.15, -0.1) is 0 Å². The third kappa shape index (κ3) is 5.46. The Bertz CT molecular complexity index is 958. The Labute approximate surface area is 241 Å². The molecular formula is C37H60O2. The highest BCUT2D eigenvalue weighted by Gasteiger charge is 2.60. The Morgan fingerprint density at radius 2 is 1.67 bits per heavy atom. The van der Waals surface area contributed by atoms with Gasteiger partial charge in [-0.05, 0) is 135 Å². The number of fused-ring (bicyclic) bond motifs is 5. The Kier molecular flexibility index (Phi) is 8.55. The third-order valence-corrected chi connectivity index (χ3v) is 13.7. The van der Waals surface area contributed by atoms with Crippen molar-refractivity contribution in [3.8, 4) is 0 Å². The van der Waals surface area contributed by atoms with Crippen molar-refractivity contribution in [3.63, 3.8) is 0 Å². The number of carbonyl (C=O) groups is 1. The van der Waals surface area contributed by atoms with Crippen molar-refractivity contribution in [3.05, 3.63) is 23.3 Å². The van der Waals surface area contributed by atoms with Crippen LogP contribution in [0.1, 0.15) is 132 Å². The van der Waals surface area contributed by atoms with Crippen molar-refractivity contribution in [1.82, 2.24) is 0 Å². The highest BCUT2D eigenvalue weighted by Crippen LogP contribution is 2.68. The molecule has 4 fully saturated rings. The summed E-state index contributed by atoms with van der Waals surface area (Å²) in [6, 6.07) is 0. The van der Waals surface area contributed by atoms with Gasteiger partial charge in [-0.1, -0.05) is 79.4 Å². The summed E-state index contributed by atoms with van der Waals surface area (Å²) in [6.45, 7) is 19.3. The van der Waals surface area contributed by atoms with Gasteiger partial charge in [0.2, 0.25) is 0 Å². The van der Waals surface area contributed by atoms with E-state index in [1.54, 1.807) is 0 Å². The molecule has 5 aliphatic rings. The van der Waals surface area contributed by atoms with Crippen LogP contribution >= 0.6 is 0 Å². The second kappa shape index (κ2) is 11.3. The largest absolute Gasteiger partial charge is 0.459 e. The van der Waals surface area contributed by atoms with Crippen LogP contribution in [0.2, 0.25) is 0 Å². The molecule has 0 aliphatic heterocycles. The average molecular weight is 537 g/mol. The first-order valence-electron chi connectivity index (χ1n) is 17.0. The molecule has 0 aromatic rings. The fourth-order valence-electron chi connectivity index (χ4n) is 11.0. The zero-order chi connectivity index (χ0) is 28.1. The summed E-state index contributed by atoms with van der Waals surface area (Å²) in [4.78, 5) is 13.1. The molecule has 220 valence electrons. The van der Waals surface area contributed by atoms with Crippen molar-refractivity contribution in [2.24, 2.45) is 64.1 Å². The summed E-state index contributed by atoms with van der Waals surface area (Å²) in [5.74, 6) is 6.97. The average Bonchev–Trinajstić information content (AvgIpc) is 3.24. The van der Waals surface area contributed by atoms with E-state index in [0.717, 1.165) is 59.8 Å². The highest BCUT2D eigenvalue weighted by atomic mass is 16.5. The molecule has 0 aromatic heterocycles. The number of rotatable bonds is 7. The van der Waals surface area contributed by atoms with Crippen molar-refractivity contribution >= 4 is 5.97 Å². The monoisotopic (exact) mass is 536 g/mol. The molecule has 0 bridgehead atoms. The SMILES string of the molecule is CC1=CC(C(=O)OC2CCC3(C)C(CCC4C5CCC(C(C)CCCC(C)C)C5(C)CC[C@@H]43)C2)=CC(C)C1C. The molecule has 2 heteroatoms. The van der Waals surface area contributed by atoms with Crippen LogP contribution in [-0.2, 0) is 9.53 Å². The number of hydrogen-bond acceptors (Lipinski definition) is 2. The van der Waals surface area contributed by atoms with Crippen molar-refractivity contribution in [1.29, 1.82) is 0 Å². The minimum absolute atomic E-state index is 0.0802. The van der Waals surface area contributed by atoms with Crippen LogP contribution in [0.4, 0.5) is 0 Å². The smallest absolute Gasteiger partial charge is 0.338 e. The fraction of sp³-hybridized carbons (Fsp3) is 0.865. The van der Waals surface area contributed by atoms with E-state index in [1.807, 2.05) is 0 Å². The van der Waals surface area contributed by atoms with Crippen LogP contribution in [0.5, 0.6) is 0 Å². The van der Waals surface area contributed by atoms with Crippen LogP contribution in [0.3, 0.4) is 0 Å². The Morgan fingerprint density at radius 1 is 0.949 bits per heavy atom. The van der Waals surface area contributed by atoms with E-state index < -0.39 is 0 Å². The van der Waals surface area contributed by atoms with E-state index in [2.05, 4.69) is 67.5 Å². The van der Waals surface area contributed by atoms with E-state index in [0.29, 0.717) is 22.7 Å². The van der Waals surface area contributed by atoms with Gasteiger partial charge in [0.1, 0.15) is 6.10 Å². The zero-order valence-electron chi connectivity index (χ0n) is 26.7. The van der Waals surface area contributed by atoms with Crippen LogP contribution in [0.25, 0.3) is 0 Å². The van der Waals surface area contributed by atoms with Crippen LogP contribution in [0, 0.1) is 64.1 Å². The van der Waals surface area contributed by atoms with Gasteiger partial charge in [-0.3, -0.25) is 0 Å². The van der Waals surface area contributed by atoms with Crippen LogP contribution in [-0.4, -0.2) is 12.1 Å². The molecule has 0 amide bonds. The van der Waals surface area contributed by atoms with Gasteiger partial charge in [-0.2, -0.15) is 0 Å². The number of allylic oxidation sites excluding steroid dienone is 2. The Hall–Kier alpha value is -1.05. The van der Waals surface area contributed by atoms with E-state index >= 15 is 0 Å². The molecule has 0 heterocycles. The minimum atomic E-state index is -0.0802. The molecule has 0 spiro atoms. The maximum atomic E-state index is 13.1. The van der Waals surface area contributed by atoms with E-state index in [-0.39, 0.29) is 12.1 Å². The van der Waals surface area contributed by atoms with E-state index in [1.165, 1.54) is 69.8 Å². The molecule has 0 aromatic carbocycles. The van der Waals surface area contributed by atoms with Gasteiger partial charge >= 0.3 is 5.97 Å². The maximum absolute atomic E-state index is 13.1. The van der Waals surface area contributed by atoms with Crippen LogP contribution < -0.4 is 0 Å². The van der Waals surface area contributed by atoms with Gasteiger partial charge < -0.3 is 4.74 Å². The first kappa shape index (κ1) is 29.4. The minimum Gasteiger partial charge on any atom is -0.459 e. The summed E-state index contributed by atoms with van der Waals surface area (Å²) in [6.07, 6.45) is 20.6. The molecule has 2 nitrogen and oxygen atoms in total. The molecule has 5 aliphatic carbocycles. The van der Waals surface area contributed by atoms with Gasteiger partial charge in [0.05, 0.1) is 5.57 Å². The maximum Gasteiger partial charge on any atom is 0.338 e. The molecule has 0 N–H and O–H groups in total. The topological polar surface area (TPSA) is 26.3 Å². The standard InChI is InChI=1S/C37H60O2/c1-23(2)10-9-11-24(3)32-14-15-33-31-13-12-29-22-30(16-18-36(29,7)34(31)17-19-37(32,33)8)39-35(38)28-20-25(4)27(6)26(5)21-28/h20-21,23-25,27,29-34H,9-19,22H2,1-8H3/t24?,25?,27?,29?,30?,31?,32?,33?,34-,36?,37?/m0/s1. The first-order valence-corrected chi connectivity index (χ1v) is 17.0. The lowest BCUT2D eigenvalue weighted by Gasteiger charge is -2.61. The number of ether oxygens (including phenoxy) is 1. The summed E-state index contributed by atoms with van der Waals surface area (Å²) in [7, 11) is 0. The van der Waals surface area contributed by atoms with Crippen molar-refractivity contribution < 1.29 is 9.53 Å². The fourth-order valence-corrected chi connectivity index (χ4v) is 11.0. The van der Waals surface area contributed by atoms with Crippen LogP contribution in [0.15, 0.2) is 23.3 Å². The summed E-state index contributed by atoms with van der Waals surface area (Å²) >= 11 is 0. The summed E-state index contributed by atoms with van der Waals surface area (Å²) < 4.78 is 6.21. The lowest BCUT2D eigenvalue weighted by atomic mass is 9.44. The summed E-state index contributed by atoms with van der Waals surface area (Å²) in [5, 5.41) is 0. The number of esters is 1. The molecule has 11 atom stereocenters. The lowest BCUT2D eigenvalue weighted by molar-refractivity contribution is -0.158. The summed E-state index contributed by atoms with van der Waals surface area (Å²) in [5.41, 5.74) is 3.10. The molecular weight excluding hydrogens is 476 g/mol. The second-order valence-corrected chi connectivity index (χ2v) is 16.1. The first-order chi connectivity index (χ1) is 18.4. The van der Waals surface area contributed by atoms with E-state index in [4.69, 9.17) is 4.74 Å². The lowest BCUT2D eigenvalue weighted by Crippen LogP contribution is -2.54. The predicted octanol–water partition coefficient (Wildman–Crippen LogP) is 10.2. The van der Waals surface area contributed by atoms with Crippen molar-refractivity contribution in [2.75, 3.05) is 0 Å². The Balaban J connectivity index is 1.21. The number of carbonyl (C=O) groups excluding carboxylic acids is 1. The van der Waals surface area contributed by atoms with Gasteiger partial charge in [-0.25, -0.2) is 4.79 Å². The van der Waals surface area contributed by atoms with Crippen molar-refractivity contribution in [2.45, 2.75) is 139 Å². The predicted molar refractivity (Wildman–Crippen MR) is 163 cm³/mol. The van der Waals surface area contributed by atoms with Gasteiger partial charge in [0, 0.05) is 0 Å². The zero-order valence-corrected chi connectivity index (χ0v) is 26.7.